The molecule has 2 aliphatic carbocycles. The lowest BCUT2D eigenvalue weighted by atomic mass is 9.76. The van der Waals surface area contributed by atoms with E-state index in [-0.39, 0.29) is 18.3 Å². The van der Waals surface area contributed by atoms with Crippen molar-refractivity contribution >= 4 is 7.12 Å². The molecular weight excluding hydrogens is 215 g/mol. The summed E-state index contributed by atoms with van der Waals surface area (Å²) in [5.41, 5.74) is 0.784. The highest BCUT2D eigenvalue weighted by atomic mass is 16.7. The van der Waals surface area contributed by atoms with Gasteiger partial charge in [0.1, 0.15) is 0 Å². The van der Waals surface area contributed by atoms with Crippen LogP contribution in [0.3, 0.4) is 0 Å². The van der Waals surface area contributed by atoms with Gasteiger partial charge in [0, 0.05) is 6.61 Å². The first-order chi connectivity index (χ1) is 7.86. The zero-order valence-electron chi connectivity index (χ0n) is 11.1. The average Bonchev–Trinajstić information content (AvgIpc) is 2.59. The molecule has 0 aromatic rings. The highest BCUT2D eigenvalue weighted by molar-refractivity contribution is 6.54. The van der Waals surface area contributed by atoms with Gasteiger partial charge in [-0.15, -0.1) is 0 Å². The molecule has 3 atom stereocenters. The Morgan fingerprint density at radius 1 is 1.29 bits per heavy atom. The number of hydrogen-bond acceptors (Lipinski definition) is 3. The lowest BCUT2D eigenvalue weighted by molar-refractivity contribution is 0.00578. The van der Waals surface area contributed by atoms with E-state index in [2.05, 4.69) is 33.8 Å². The van der Waals surface area contributed by atoms with Crippen molar-refractivity contribution in [3.8, 4) is 0 Å². The molecule has 4 heteroatoms. The van der Waals surface area contributed by atoms with Gasteiger partial charge in [0.2, 0.25) is 0 Å². The Hall–Kier alpha value is -0.315. The largest absolute Gasteiger partial charge is 0.490 e. The quantitative estimate of drug-likeness (QED) is 0.743. The second-order valence-electron chi connectivity index (χ2n) is 6.62. The van der Waals surface area contributed by atoms with Crippen molar-refractivity contribution in [3.05, 3.63) is 11.5 Å². The molecule has 0 aromatic heterocycles. The standard InChI is InChI=1S/C13H21BO3/c1-12(2)13(3,4)17-14(16-12)8-5-9-10(6-8)11(9)7-15/h5,9-11,15H,6-7H2,1-4H3/t9-,10+,11+/m1/s1. The third-order valence-corrected chi connectivity index (χ3v) is 5.04. The molecule has 0 unspecified atom stereocenters. The molecule has 1 saturated heterocycles. The van der Waals surface area contributed by atoms with E-state index in [4.69, 9.17) is 14.4 Å². The van der Waals surface area contributed by atoms with Crippen molar-refractivity contribution in [1.82, 2.24) is 0 Å². The molecule has 0 bridgehead atoms. The Labute approximate surface area is 103 Å². The molecule has 3 nitrogen and oxygen atoms in total. The zero-order chi connectivity index (χ0) is 12.4. The third-order valence-electron chi connectivity index (χ3n) is 5.04. The van der Waals surface area contributed by atoms with Crippen LogP contribution in [0.1, 0.15) is 34.1 Å². The number of rotatable bonds is 2. The van der Waals surface area contributed by atoms with E-state index in [1.54, 1.807) is 0 Å². The Kier molecular flexibility index (Phi) is 2.33. The van der Waals surface area contributed by atoms with E-state index in [9.17, 15) is 0 Å². The molecule has 3 rings (SSSR count). The molecule has 17 heavy (non-hydrogen) atoms. The van der Waals surface area contributed by atoms with E-state index >= 15 is 0 Å². The molecule has 0 amide bonds. The van der Waals surface area contributed by atoms with Crippen LogP contribution in [0.5, 0.6) is 0 Å². The summed E-state index contributed by atoms with van der Waals surface area (Å²) in [5.74, 6) is 1.73. The Morgan fingerprint density at radius 3 is 2.29 bits per heavy atom. The Morgan fingerprint density at radius 2 is 1.88 bits per heavy atom. The van der Waals surface area contributed by atoms with Crippen LogP contribution in [-0.2, 0) is 9.31 Å². The van der Waals surface area contributed by atoms with Crippen LogP contribution in [0.2, 0.25) is 0 Å². The van der Waals surface area contributed by atoms with Crippen LogP contribution in [0, 0.1) is 17.8 Å². The van der Waals surface area contributed by atoms with Gasteiger partial charge >= 0.3 is 7.12 Å². The molecule has 0 aromatic carbocycles. The number of aliphatic hydroxyl groups is 1. The summed E-state index contributed by atoms with van der Waals surface area (Å²) in [6.07, 6.45) is 3.31. The lowest BCUT2D eigenvalue weighted by Gasteiger charge is -2.32. The normalized spacial score (nSPS) is 41.4. The smallest absolute Gasteiger partial charge is 0.400 e. The fraction of sp³-hybridized carbons (Fsp3) is 0.846. The second kappa shape index (κ2) is 3.37. The molecule has 1 aliphatic heterocycles. The van der Waals surface area contributed by atoms with Crippen LogP contribution in [-0.4, -0.2) is 30.0 Å². The molecular formula is C13H21BO3. The van der Waals surface area contributed by atoms with Gasteiger partial charge in [0.25, 0.3) is 0 Å². The number of aliphatic hydroxyl groups excluding tert-OH is 1. The highest BCUT2D eigenvalue weighted by Crippen LogP contribution is 2.57. The van der Waals surface area contributed by atoms with Gasteiger partial charge in [0.15, 0.2) is 0 Å². The monoisotopic (exact) mass is 236 g/mol. The van der Waals surface area contributed by atoms with Gasteiger partial charge in [0.05, 0.1) is 11.2 Å². The fourth-order valence-corrected chi connectivity index (χ4v) is 3.02. The van der Waals surface area contributed by atoms with E-state index in [1.807, 2.05) is 0 Å². The Balaban J connectivity index is 1.71. The molecule has 3 aliphatic rings. The van der Waals surface area contributed by atoms with Crippen LogP contribution >= 0.6 is 0 Å². The summed E-state index contributed by atoms with van der Waals surface area (Å²) in [6, 6.07) is 0. The van der Waals surface area contributed by atoms with Crippen LogP contribution in [0.15, 0.2) is 11.5 Å². The van der Waals surface area contributed by atoms with E-state index in [0.29, 0.717) is 24.4 Å². The van der Waals surface area contributed by atoms with Crippen molar-refractivity contribution in [1.29, 1.82) is 0 Å². The predicted octanol–water partition coefficient (Wildman–Crippen LogP) is 1.80. The summed E-state index contributed by atoms with van der Waals surface area (Å²) >= 11 is 0. The molecule has 94 valence electrons. The Bertz CT molecular complexity index is 359. The zero-order valence-corrected chi connectivity index (χ0v) is 11.1. The van der Waals surface area contributed by atoms with Gasteiger partial charge in [-0.1, -0.05) is 6.08 Å². The van der Waals surface area contributed by atoms with Crippen molar-refractivity contribution < 1.29 is 14.4 Å². The lowest BCUT2D eigenvalue weighted by Crippen LogP contribution is -2.41. The maximum absolute atomic E-state index is 9.14. The molecule has 1 heterocycles. The van der Waals surface area contributed by atoms with E-state index < -0.39 is 0 Å². The van der Waals surface area contributed by atoms with Gasteiger partial charge < -0.3 is 14.4 Å². The molecule has 1 saturated carbocycles. The molecule has 0 radical (unpaired) electrons. The van der Waals surface area contributed by atoms with E-state index in [1.165, 1.54) is 5.47 Å². The van der Waals surface area contributed by atoms with Gasteiger partial charge in [-0.25, -0.2) is 0 Å². The topological polar surface area (TPSA) is 38.7 Å². The number of allylic oxidation sites excluding steroid dienone is 2. The fourth-order valence-electron chi connectivity index (χ4n) is 3.02. The molecule has 1 N–H and O–H groups in total. The van der Waals surface area contributed by atoms with E-state index in [0.717, 1.165) is 6.42 Å². The molecule has 0 spiro atoms. The van der Waals surface area contributed by atoms with Crippen LogP contribution in [0.25, 0.3) is 0 Å². The summed E-state index contributed by atoms with van der Waals surface area (Å²) < 4.78 is 12.1. The minimum Gasteiger partial charge on any atom is -0.400 e. The number of hydrogen-bond donors (Lipinski definition) is 1. The maximum atomic E-state index is 9.14. The first-order valence-corrected chi connectivity index (χ1v) is 6.53. The predicted molar refractivity (Wildman–Crippen MR) is 66.3 cm³/mol. The first-order valence-electron chi connectivity index (χ1n) is 6.53. The maximum Gasteiger partial charge on any atom is 0.490 e. The van der Waals surface area contributed by atoms with Gasteiger partial charge in [-0.2, -0.15) is 0 Å². The molecule has 2 fully saturated rings. The second-order valence-corrected chi connectivity index (χ2v) is 6.62. The summed E-state index contributed by atoms with van der Waals surface area (Å²) in [7, 11) is -0.174. The average molecular weight is 236 g/mol. The first kappa shape index (κ1) is 11.8. The van der Waals surface area contributed by atoms with Crippen molar-refractivity contribution in [3.63, 3.8) is 0 Å². The minimum atomic E-state index is -0.248. The van der Waals surface area contributed by atoms with Crippen molar-refractivity contribution in [2.75, 3.05) is 6.61 Å². The van der Waals surface area contributed by atoms with Crippen LogP contribution in [0.4, 0.5) is 0 Å². The highest BCUT2D eigenvalue weighted by Gasteiger charge is 2.58. The van der Waals surface area contributed by atoms with Crippen LogP contribution < -0.4 is 0 Å². The number of fused-ring (bicyclic) bond motifs is 1. The SMILES string of the molecule is CC1(C)OB(C2=C[C@H]3[C@H](CO)[C@H]3C2)OC1(C)C. The van der Waals surface area contributed by atoms with Gasteiger partial charge in [-0.05, 0) is 57.3 Å². The summed E-state index contributed by atoms with van der Waals surface area (Å²) in [5, 5.41) is 9.14. The third kappa shape index (κ3) is 1.61. The summed E-state index contributed by atoms with van der Waals surface area (Å²) in [6.45, 7) is 8.65. The minimum absolute atomic E-state index is 0.174. The van der Waals surface area contributed by atoms with Crippen molar-refractivity contribution in [2.24, 2.45) is 17.8 Å². The van der Waals surface area contributed by atoms with Crippen molar-refractivity contribution in [2.45, 2.75) is 45.3 Å². The van der Waals surface area contributed by atoms with Gasteiger partial charge in [-0.3, -0.25) is 0 Å². The summed E-state index contributed by atoms with van der Waals surface area (Å²) in [4.78, 5) is 0.